The van der Waals surface area contributed by atoms with Gasteiger partial charge in [0, 0.05) is 25.2 Å². The maximum absolute atomic E-state index is 3.62. The molecule has 152 valence electrons. The van der Waals surface area contributed by atoms with Crippen LogP contribution >= 0.6 is 0 Å². The summed E-state index contributed by atoms with van der Waals surface area (Å²) in [5, 5.41) is 5.89. The van der Waals surface area contributed by atoms with E-state index in [0.717, 1.165) is 32.7 Å². The zero-order chi connectivity index (χ0) is 19.1. The van der Waals surface area contributed by atoms with E-state index in [0.29, 0.717) is 12.1 Å². The summed E-state index contributed by atoms with van der Waals surface area (Å²) in [5.41, 5.74) is 3.25. The maximum Gasteiger partial charge on any atom is 0.0142 e. The summed E-state index contributed by atoms with van der Waals surface area (Å²) in [4.78, 5) is 5.15. The fourth-order valence-corrected chi connectivity index (χ4v) is 3.24. The summed E-state index contributed by atoms with van der Waals surface area (Å²) in [6.07, 6.45) is 3.71. The Hall–Kier alpha value is -0.200. The van der Waals surface area contributed by atoms with E-state index >= 15 is 0 Å². The summed E-state index contributed by atoms with van der Waals surface area (Å²) < 4.78 is 0. The van der Waals surface area contributed by atoms with Crippen LogP contribution in [0, 0.1) is 0 Å². The first-order chi connectivity index (χ1) is 12.0. The molecule has 5 heteroatoms. The van der Waals surface area contributed by atoms with Crippen LogP contribution in [0.2, 0.25) is 0 Å². The molecule has 0 heterocycles. The standard InChI is InChI=1S/C20H47N5/c1-8-23(19(3)4)15-10-13-22-14-11-16-24(20(5)6)17-12-18-25(9-2)21-7/h19-22H,8-18H2,1-7H3. The third-order valence-electron chi connectivity index (χ3n) is 5.04. The molecule has 5 nitrogen and oxygen atoms in total. The maximum atomic E-state index is 3.62. The molecule has 0 aromatic carbocycles. The fourth-order valence-electron chi connectivity index (χ4n) is 3.24. The van der Waals surface area contributed by atoms with E-state index in [1.54, 1.807) is 0 Å². The van der Waals surface area contributed by atoms with Crippen LogP contribution in [-0.4, -0.2) is 86.3 Å². The van der Waals surface area contributed by atoms with Crippen LogP contribution in [0.4, 0.5) is 0 Å². The molecule has 0 spiro atoms. The highest BCUT2D eigenvalue weighted by Gasteiger charge is 2.09. The summed E-state index contributed by atoms with van der Waals surface area (Å²) in [6, 6.07) is 1.30. The van der Waals surface area contributed by atoms with Crippen LogP contribution < -0.4 is 10.7 Å². The van der Waals surface area contributed by atoms with Crippen molar-refractivity contribution in [2.45, 2.75) is 72.9 Å². The summed E-state index contributed by atoms with van der Waals surface area (Å²) in [5.74, 6) is 0. The molecule has 25 heavy (non-hydrogen) atoms. The molecule has 0 atom stereocenters. The quantitative estimate of drug-likeness (QED) is 0.309. The van der Waals surface area contributed by atoms with E-state index in [-0.39, 0.29) is 0 Å². The molecule has 0 fully saturated rings. The fraction of sp³-hybridized carbons (Fsp3) is 1.00. The summed E-state index contributed by atoms with van der Waals surface area (Å²) in [6.45, 7) is 22.9. The van der Waals surface area contributed by atoms with Crippen molar-refractivity contribution in [2.75, 3.05) is 59.4 Å². The van der Waals surface area contributed by atoms with Crippen molar-refractivity contribution in [2.24, 2.45) is 0 Å². The third-order valence-corrected chi connectivity index (χ3v) is 5.04. The Labute approximate surface area is 158 Å². The number of hydrazine groups is 1. The predicted molar refractivity (Wildman–Crippen MR) is 112 cm³/mol. The van der Waals surface area contributed by atoms with Crippen molar-refractivity contribution in [1.82, 2.24) is 25.6 Å². The van der Waals surface area contributed by atoms with E-state index in [2.05, 4.69) is 67.1 Å². The minimum Gasteiger partial charge on any atom is -0.317 e. The van der Waals surface area contributed by atoms with Gasteiger partial charge >= 0.3 is 0 Å². The molecule has 0 saturated heterocycles. The molecule has 0 amide bonds. The van der Waals surface area contributed by atoms with Crippen LogP contribution in [0.5, 0.6) is 0 Å². The number of nitrogens with zero attached hydrogens (tertiary/aromatic N) is 3. The van der Waals surface area contributed by atoms with Crippen molar-refractivity contribution in [3.05, 3.63) is 0 Å². The van der Waals surface area contributed by atoms with Gasteiger partial charge in [0.05, 0.1) is 0 Å². The van der Waals surface area contributed by atoms with Crippen LogP contribution in [-0.2, 0) is 0 Å². The lowest BCUT2D eigenvalue weighted by Crippen LogP contribution is -2.39. The van der Waals surface area contributed by atoms with Crippen molar-refractivity contribution in [3.63, 3.8) is 0 Å². The molecule has 0 saturated carbocycles. The highest BCUT2D eigenvalue weighted by molar-refractivity contribution is 4.66. The molecule has 0 aliphatic rings. The Morgan fingerprint density at radius 1 is 0.680 bits per heavy atom. The molecule has 0 bridgehead atoms. The SMILES string of the molecule is CCN(CCCN(CCCNCCCN(CC)C(C)C)C(C)C)NC. The zero-order valence-electron chi connectivity index (χ0n) is 18.3. The summed E-state index contributed by atoms with van der Waals surface area (Å²) >= 11 is 0. The number of hydrogen-bond donors (Lipinski definition) is 2. The van der Waals surface area contributed by atoms with Gasteiger partial charge in [-0.1, -0.05) is 13.8 Å². The van der Waals surface area contributed by atoms with Crippen molar-refractivity contribution in [3.8, 4) is 0 Å². The van der Waals surface area contributed by atoms with E-state index in [1.807, 2.05) is 7.05 Å². The lowest BCUT2D eigenvalue weighted by atomic mass is 10.2. The van der Waals surface area contributed by atoms with Gasteiger partial charge in [0.1, 0.15) is 0 Å². The molecule has 0 rings (SSSR count). The van der Waals surface area contributed by atoms with E-state index in [1.165, 1.54) is 38.9 Å². The Morgan fingerprint density at radius 2 is 1.20 bits per heavy atom. The number of hydrogen-bond acceptors (Lipinski definition) is 5. The second-order valence-corrected chi connectivity index (χ2v) is 7.47. The molecular formula is C20H47N5. The van der Waals surface area contributed by atoms with E-state index < -0.39 is 0 Å². The summed E-state index contributed by atoms with van der Waals surface area (Å²) in [7, 11) is 2.01. The lowest BCUT2D eigenvalue weighted by molar-refractivity contribution is 0.175. The smallest absolute Gasteiger partial charge is 0.0142 e. The van der Waals surface area contributed by atoms with E-state index in [9.17, 15) is 0 Å². The molecule has 0 aromatic rings. The van der Waals surface area contributed by atoms with Gasteiger partial charge in [0.2, 0.25) is 0 Å². The lowest BCUT2D eigenvalue weighted by Gasteiger charge is -2.28. The number of rotatable bonds is 17. The molecule has 0 aromatic heterocycles. The van der Waals surface area contributed by atoms with Gasteiger partial charge in [-0.25, -0.2) is 5.01 Å². The Balaban J connectivity index is 3.76. The number of nitrogens with one attached hydrogen (secondary N) is 2. The van der Waals surface area contributed by atoms with Gasteiger partial charge in [0.15, 0.2) is 0 Å². The van der Waals surface area contributed by atoms with Crippen molar-refractivity contribution < 1.29 is 0 Å². The minimum atomic E-state index is 0.633. The second-order valence-electron chi connectivity index (χ2n) is 7.47. The average Bonchev–Trinajstić information content (AvgIpc) is 2.58. The van der Waals surface area contributed by atoms with Gasteiger partial charge in [-0.2, -0.15) is 0 Å². The van der Waals surface area contributed by atoms with Crippen LogP contribution in [0.15, 0.2) is 0 Å². The van der Waals surface area contributed by atoms with Gasteiger partial charge in [-0.15, -0.1) is 0 Å². The van der Waals surface area contributed by atoms with Gasteiger partial charge in [-0.05, 0) is 93.3 Å². The first kappa shape index (κ1) is 24.8. The van der Waals surface area contributed by atoms with Crippen molar-refractivity contribution in [1.29, 1.82) is 0 Å². The van der Waals surface area contributed by atoms with Crippen LogP contribution in [0.25, 0.3) is 0 Å². The monoisotopic (exact) mass is 357 g/mol. The van der Waals surface area contributed by atoms with Crippen molar-refractivity contribution >= 4 is 0 Å². The first-order valence-corrected chi connectivity index (χ1v) is 10.6. The van der Waals surface area contributed by atoms with Gasteiger partial charge in [0.25, 0.3) is 0 Å². The molecule has 0 aliphatic carbocycles. The van der Waals surface area contributed by atoms with Gasteiger partial charge in [-0.3, -0.25) is 5.43 Å². The highest BCUT2D eigenvalue weighted by Crippen LogP contribution is 2.02. The topological polar surface area (TPSA) is 33.8 Å². The Bertz CT molecular complexity index is 279. The molecule has 0 aliphatic heterocycles. The second kappa shape index (κ2) is 16.0. The molecular weight excluding hydrogens is 310 g/mol. The zero-order valence-corrected chi connectivity index (χ0v) is 18.3. The molecule has 2 N–H and O–H groups in total. The molecule has 0 unspecified atom stereocenters. The Morgan fingerprint density at radius 3 is 1.64 bits per heavy atom. The molecule has 0 radical (unpaired) electrons. The average molecular weight is 358 g/mol. The normalized spacial score (nSPS) is 12.5. The van der Waals surface area contributed by atoms with Crippen LogP contribution in [0.1, 0.15) is 60.8 Å². The highest BCUT2D eigenvalue weighted by atomic mass is 15.5. The van der Waals surface area contributed by atoms with Crippen LogP contribution in [0.3, 0.4) is 0 Å². The first-order valence-electron chi connectivity index (χ1n) is 10.6. The van der Waals surface area contributed by atoms with E-state index in [4.69, 9.17) is 0 Å². The largest absolute Gasteiger partial charge is 0.317 e. The minimum absolute atomic E-state index is 0.633. The van der Waals surface area contributed by atoms with Gasteiger partial charge < -0.3 is 15.1 Å². The third kappa shape index (κ3) is 12.7. The Kier molecular flexibility index (Phi) is 15.9. The predicted octanol–water partition coefficient (Wildman–Crippen LogP) is 2.64.